The van der Waals surface area contributed by atoms with Gasteiger partial charge in [0.15, 0.2) is 6.23 Å². The van der Waals surface area contributed by atoms with Crippen molar-refractivity contribution in [1.82, 2.24) is 9.55 Å². The van der Waals surface area contributed by atoms with Crippen LogP contribution in [0.2, 0.25) is 5.04 Å². The number of azide groups is 1. The van der Waals surface area contributed by atoms with Crippen LogP contribution in [0.5, 0.6) is 0 Å². The molecule has 0 amide bonds. The number of aromatic nitrogens is 2. The number of methoxy groups -OCH3 is 1. The summed E-state index contributed by atoms with van der Waals surface area (Å²) in [7, 11) is -1.63. The van der Waals surface area contributed by atoms with Gasteiger partial charge in [-0.1, -0.05) is 86.5 Å². The number of aliphatic hydroxyl groups is 1. The van der Waals surface area contributed by atoms with Crippen molar-refractivity contribution in [3.63, 3.8) is 0 Å². The third-order valence-electron chi connectivity index (χ3n) is 7.55. The Bertz CT molecular complexity index is 1410. The quantitative estimate of drug-likeness (QED) is 0.117. The highest BCUT2D eigenvalue weighted by Gasteiger charge is 2.58. The van der Waals surface area contributed by atoms with Gasteiger partial charge in [0, 0.05) is 30.8 Å². The summed E-state index contributed by atoms with van der Waals surface area (Å²) >= 11 is 0. The summed E-state index contributed by atoms with van der Waals surface area (Å²) in [5.74, 6) is 0. The van der Waals surface area contributed by atoms with Crippen molar-refractivity contribution in [1.29, 1.82) is 0 Å². The Morgan fingerprint density at radius 2 is 1.68 bits per heavy atom. The van der Waals surface area contributed by atoms with Crippen molar-refractivity contribution in [2.45, 2.75) is 69.3 Å². The second-order valence-electron chi connectivity index (χ2n) is 11.1. The Labute approximate surface area is 239 Å². The molecule has 12 heteroatoms. The number of H-pyrrole nitrogens is 1. The first-order chi connectivity index (χ1) is 19.6. The number of ether oxygens (including phenoxy) is 2. The van der Waals surface area contributed by atoms with Crippen LogP contribution in [0.15, 0.2) is 87.6 Å². The highest BCUT2D eigenvalue weighted by atomic mass is 28.4. The normalized spacial score (nSPS) is 21.8. The molecule has 0 spiro atoms. The smallest absolute Gasteiger partial charge is 0.330 e. The Morgan fingerprint density at radius 3 is 2.20 bits per heavy atom. The zero-order chi connectivity index (χ0) is 29.6. The van der Waals surface area contributed by atoms with E-state index >= 15 is 0 Å². The molecule has 5 atom stereocenters. The van der Waals surface area contributed by atoms with Gasteiger partial charge in [-0.3, -0.25) is 14.3 Å². The predicted molar refractivity (Wildman–Crippen MR) is 158 cm³/mol. The number of nitrogens with zero attached hydrogens (tertiary/aromatic N) is 4. The zero-order valence-electron chi connectivity index (χ0n) is 23.7. The summed E-state index contributed by atoms with van der Waals surface area (Å²) in [6, 6.07) is 21.4. The van der Waals surface area contributed by atoms with Gasteiger partial charge in [-0.15, -0.1) is 0 Å². The second kappa shape index (κ2) is 13.0. The average Bonchev–Trinajstić information content (AvgIpc) is 3.32. The van der Waals surface area contributed by atoms with E-state index in [9.17, 15) is 14.7 Å². The van der Waals surface area contributed by atoms with Gasteiger partial charge >= 0.3 is 5.69 Å². The standard InChI is InChI=1S/C29H37N5O6Si/c1-29(2,3)41(20-12-7-5-8-13-20,21-14-9-6-10-15-21)40-25-24(22(35)16-11-18-31-33-30)39-27(26(25)38-4)34-19-17-23(36)32-28(34)37/h5-10,12-15,17,19,22,24-27,35H,11,16,18H2,1-4H3,(H,32,36,37)/t22?,24-,25-,26-,27-/m1/s1. The number of nitrogens with one attached hydrogen (secondary N) is 1. The van der Waals surface area contributed by atoms with E-state index in [0.717, 1.165) is 10.4 Å². The lowest BCUT2D eigenvalue weighted by molar-refractivity contribution is -0.0885. The largest absolute Gasteiger partial charge is 0.399 e. The van der Waals surface area contributed by atoms with E-state index < -0.39 is 50.2 Å². The lowest BCUT2D eigenvalue weighted by Crippen LogP contribution is -2.69. The highest BCUT2D eigenvalue weighted by molar-refractivity contribution is 6.99. The summed E-state index contributed by atoms with van der Waals surface area (Å²) in [6.45, 7) is 6.65. The molecule has 1 aromatic heterocycles. The van der Waals surface area contributed by atoms with E-state index in [1.54, 1.807) is 0 Å². The summed E-state index contributed by atoms with van der Waals surface area (Å²) < 4.78 is 21.0. The number of aromatic amines is 1. The van der Waals surface area contributed by atoms with Crippen molar-refractivity contribution in [3.05, 3.63) is 104 Å². The molecule has 0 bridgehead atoms. The molecule has 3 aromatic rings. The summed E-state index contributed by atoms with van der Waals surface area (Å²) in [5.41, 5.74) is 7.47. The molecule has 0 saturated carbocycles. The van der Waals surface area contributed by atoms with Crippen LogP contribution in [0.3, 0.4) is 0 Å². The molecular formula is C29H37N5O6Si. The van der Waals surface area contributed by atoms with Crippen molar-refractivity contribution >= 4 is 18.7 Å². The predicted octanol–water partition coefficient (Wildman–Crippen LogP) is 2.85. The van der Waals surface area contributed by atoms with E-state index in [-0.39, 0.29) is 18.0 Å². The van der Waals surface area contributed by atoms with Crippen molar-refractivity contribution < 1.29 is 19.0 Å². The fourth-order valence-corrected chi connectivity index (χ4v) is 10.4. The second-order valence-corrected chi connectivity index (χ2v) is 15.4. The summed E-state index contributed by atoms with van der Waals surface area (Å²) in [5, 5.41) is 16.7. The van der Waals surface area contributed by atoms with E-state index in [2.05, 4.69) is 60.0 Å². The van der Waals surface area contributed by atoms with Crippen molar-refractivity contribution in [2.75, 3.05) is 13.7 Å². The van der Waals surface area contributed by atoms with E-state index in [4.69, 9.17) is 19.4 Å². The third-order valence-corrected chi connectivity index (χ3v) is 12.6. The Kier molecular flexibility index (Phi) is 9.64. The van der Waals surface area contributed by atoms with Gasteiger partial charge in [0.1, 0.15) is 18.3 Å². The first-order valence-corrected chi connectivity index (χ1v) is 15.5. The average molecular weight is 580 g/mol. The fraction of sp³-hybridized carbons (Fsp3) is 0.448. The van der Waals surface area contributed by atoms with E-state index in [1.807, 2.05) is 36.4 Å². The van der Waals surface area contributed by atoms with Crippen molar-refractivity contribution in [3.8, 4) is 0 Å². The van der Waals surface area contributed by atoms with Gasteiger partial charge in [-0.2, -0.15) is 0 Å². The maximum atomic E-state index is 12.8. The summed E-state index contributed by atoms with van der Waals surface area (Å²) in [4.78, 5) is 29.7. The molecule has 1 aliphatic rings. The minimum absolute atomic E-state index is 0.219. The zero-order valence-corrected chi connectivity index (χ0v) is 24.7. The van der Waals surface area contributed by atoms with Crippen LogP contribution < -0.4 is 21.6 Å². The topological polar surface area (TPSA) is 152 Å². The van der Waals surface area contributed by atoms with Crippen LogP contribution in [0.1, 0.15) is 39.8 Å². The molecule has 1 unspecified atom stereocenters. The Morgan fingerprint density at radius 1 is 1.07 bits per heavy atom. The Hall–Kier alpha value is -3.51. The molecule has 1 saturated heterocycles. The lowest BCUT2D eigenvalue weighted by Gasteiger charge is -2.46. The molecule has 4 rings (SSSR count). The van der Waals surface area contributed by atoms with Crippen LogP contribution >= 0.6 is 0 Å². The first-order valence-electron chi connectivity index (χ1n) is 13.6. The molecule has 1 fully saturated rings. The molecular weight excluding hydrogens is 542 g/mol. The first kappa shape index (κ1) is 30.4. The number of rotatable bonds is 11. The monoisotopic (exact) mass is 579 g/mol. The maximum absolute atomic E-state index is 12.8. The van der Waals surface area contributed by atoms with Gasteiger partial charge in [0.05, 0.1) is 6.10 Å². The van der Waals surface area contributed by atoms with Crippen LogP contribution in [0, 0.1) is 0 Å². The Balaban J connectivity index is 1.87. The van der Waals surface area contributed by atoms with Crippen molar-refractivity contribution in [2.24, 2.45) is 5.11 Å². The number of aliphatic hydroxyl groups excluding tert-OH is 1. The van der Waals surface area contributed by atoms with Gasteiger partial charge in [-0.05, 0) is 33.8 Å². The van der Waals surface area contributed by atoms with Gasteiger partial charge in [-0.25, -0.2) is 4.79 Å². The molecule has 2 aromatic carbocycles. The van der Waals surface area contributed by atoms with Gasteiger partial charge in [0.25, 0.3) is 13.9 Å². The van der Waals surface area contributed by atoms with Crippen LogP contribution in [0.25, 0.3) is 10.4 Å². The van der Waals surface area contributed by atoms with Gasteiger partial charge < -0.3 is 19.0 Å². The third kappa shape index (κ3) is 6.23. The highest BCUT2D eigenvalue weighted by Crippen LogP contribution is 2.42. The molecule has 1 aliphatic heterocycles. The molecule has 41 heavy (non-hydrogen) atoms. The molecule has 2 heterocycles. The minimum atomic E-state index is -3.14. The lowest BCUT2D eigenvalue weighted by atomic mass is 10.0. The summed E-state index contributed by atoms with van der Waals surface area (Å²) in [6.07, 6.45) is -2.45. The number of hydrogen-bond acceptors (Lipinski definition) is 7. The maximum Gasteiger partial charge on any atom is 0.330 e. The minimum Gasteiger partial charge on any atom is -0.399 e. The van der Waals surface area contributed by atoms with Gasteiger partial charge in [0.2, 0.25) is 0 Å². The van der Waals surface area contributed by atoms with E-state index in [1.165, 1.54) is 23.9 Å². The fourth-order valence-electron chi connectivity index (χ4n) is 5.69. The SMILES string of the molecule is CO[C@@H]1[C@H](O[Si](c2ccccc2)(c2ccccc2)C(C)(C)C)[C@@H](C(O)CCCN=[N+]=[N-])O[C@H]1n1ccc(=O)[nH]c1=O. The molecule has 218 valence electrons. The van der Waals surface area contributed by atoms with E-state index in [0.29, 0.717) is 6.42 Å². The molecule has 0 aliphatic carbocycles. The van der Waals surface area contributed by atoms with Crippen LogP contribution in [-0.2, 0) is 13.9 Å². The molecule has 2 N–H and O–H groups in total. The number of benzene rings is 2. The number of hydrogen-bond donors (Lipinski definition) is 2. The molecule has 11 nitrogen and oxygen atoms in total. The van der Waals surface area contributed by atoms with Crippen LogP contribution in [0.4, 0.5) is 0 Å². The van der Waals surface area contributed by atoms with Crippen LogP contribution in [-0.4, -0.2) is 61.0 Å². The molecule has 0 radical (unpaired) electrons.